The number of nitrogens with one attached hydrogen (secondary N) is 1. The molecule has 0 aromatic heterocycles. The van der Waals surface area contributed by atoms with Crippen molar-refractivity contribution in [3.05, 3.63) is 30.3 Å². The quantitative estimate of drug-likeness (QED) is 0.586. The van der Waals surface area contributed by atoms with Crippen LogP contribution in [0, 0.1) is 0 Å². The van der Waals surface area contributed by atoms with Crippen LogP contribution in [0.4, 0.5) is 0 Å². The highest BCUT2D eigenvalue weighted by atomic mass is 32.2. The van der Waals surface area contributed by atoms with E-state index in [4.69, 9.17) is 5.21 Å². The second kappa shape index (κ2) is 6.48. The molecule has 1 rings (SSSR count). The molecule has 0 atom stereocenters. The van der Waals surface area contributed by atoms with Crippen LogP contribution in [0.5, 0.6) is 0 Å². The summed E-state index contributed by atoms with van der Waals surface area (Å²) < 4.78 is 25.5. The Hall–Kier alpha value is -1.44. The summed E-state index contributed by atoms with van der Waals surface area (Å²) in [4.78, 5) is 11.2. The van der Waals surface area contributed by atoms with Gasteiger partial charge in [0.2, 0.25) is 10.0 Å². The molecule has 0 unspecified atom stereocenters. The summed E-state index contributed by atoms with van der Waals surface area (Å²) in [6.45, 7) is 1.62. The summed E-state index contributed by atoms with van der Waals surface area (Å²) in [5, 5.41) is 8.47. The van der Waals surface area contributed by atoms with Gasteiger partial charge < -0.3 is 0 Å². The third-order valence-corrected chi connectivity index (χ3v) is 4.16. The number of hydroxylamine groups is 1. The van der Waals surface area contributed by atoms with Crippen molar-refractivity contribution in [2.24, 2.45) is 0 Å². The fourth-order valence-electron chi connectivity index (χ4n) is 1.47. The van der Waals surface area contributed by atoms with Crippen LogP contribution in [-0.2, 0) is 14.8 Å². The molecule has 0 aliphatic heterocycles. The predicted molar refractivity (Wildman–Crippen MR) is 65.4 cm³/mol. The maximum atomic E-state index is 12.2. The summed E-state index contributed by atoms with van der Waals surface area (Å²) in [5.41, 5.74) is 1.43. The Morgan fingerprint density at radius 3 is 2.44 bits per heavy atom. The highest BCUT2D eigenvalue weighted by molar-refractivity contribution is 7.89. The van der Waals surface area contributed by atoms with Crippen LogP contribution < -0.4 is 5.48 Å². The highest BCUT2D eigenvalue weighted by Gasteiger charge is 2.25. The third kappa shape index (κ3) is 3.52. The van der Waals surface area contributed by atoms with E-state index >= 15 is 0 Å². The van der Waals surface area contributed by atoms with Crippen molar-refractivity contribution in [1.29, 1.82) is 0 Å². The van der Waals surface area contributed by atoms with Gasteiger partial charge in [0.05, 0.1) is 11.4 Å². The van der Waals surface area contributed by atoms with Crippen molar-refractivity contribution in [1.82, 2.24) is 9.79 Å². The number of hydrogen-bond acceptors (Lipinski definition) is 4. The van der Waals surface area contributed by atoms with E-state index in [9.17, 15) is 13.2 Å². The molecule has 0 saturated heterocycles. The summed E-state index contributed by atoms with van der Waals surface area (Å²) >= 11 is 0. The van der Waals surface area contributed by atoms with E-state index in [0.717, 1.165) is 4.31 Å². The Balaban J connectivity index is 3.01. The molecule has 0 bridgehead atoms. The minimum Gasteiger partial charge on any atom is -0.289 e. The number of nitrogens with zero attached hydrogens (tertiary/aromatic N) is 1. The monoisotopic (exact) mass is 272 g/mol. The maximum absolute atomic E-state index is 12.2. The molecule has 7 heteroatoms. The van der Waals surface area contributed by atoms with Crippen LogP contribution in [0.1, 0.15) is 13.3 Å². The van der Waals surface area contributed by atoms with Crippen LogP contribution >= 0.6 is 0 Å². The van der Waals surface area contributed by atoms with Crippen molar-refractivity contribution in [2.75, 3.05) is 13.1 Å². The van der Waals surface area contributed by atoms with Crippen molar-refractivity contribution >= 4 is 15.9 Å². The van der Waals surface area contributed by atoms with Gasteiger partial charge in [0.25, 0.3) is 5.91 Å². The molecule has 0 fully saturated rings. The normalized spacial score (nSPS) is 11.5. The zero-order chi connectivity index (χ0) is 13.6. The fraction of sp³-hybridized carbons (Fsp3) is 0.364. The summed E-state index contributed by atoms with van der Waals surface area (Å²) in [6.07, 6.45) is 0.574. The van der Waals surface area contributed by atoms with Gasteiger partial charge in [-0.3, -0.25) is 10.0 Å². The van der Waals surface area contributed by atoms with Gasteiger partial charge in [0.15, 0.2) is 0 Å². The molecule has 6 nitrogen and oxygen atoms in total. The summed E-state index contributed by atoms with van der Waals surface area (Å²) in [6, 6.07) is 7.87. The first kappa shape index (κ1) is 14.6. The Morgan fingerprint density at radius 1 is 1.33 bits per heavy atom. The van der Waals surface area contributed by atoms with E-state index in [1.165, 1.54) is 17.6 Å². The first-order valence-electron chi connectivity index (χ1n) is 5.50. The van der Waals surface area contributed by atoms with Crippen molar-refractivity contribution < 1.29 is 18.4 Å². The first-order valence-corrected chi connectivity index (χ1v) is 6.94. The Morgan fingerprint density at radius 2 is 1.94 bits per heavy atom. The molecule has 0 radical (unpaired) electrons. The predicted octanol–water partition coefficient (Wildman–Crippen LogP) is 0.593. The number of sulfonamides is 1. The van der Waals surface area contributed by atoms with E-state index < -0.39 is 22.5 Å². The molecule has 0 aliphatic carbocycles. The summed E-state index contributed by atoms with van der Waals surface area (Å²) in [7, 11) is -3.71. The van der Waals surface area contributed by atoms with Gasteiger partial charge in [-0.05, 0) is 18.6 Å². The van der Waals surface area contributed by atoms with E-state index in [0.29, 0.717) is 6.42 Å². The minimum atomic E-state index is -3.71. The van der Waals surface area contributed by atoms with E-state index in [2.05, 4.69) is 0 Å². The standard InChI is InChI=1S/C11H16N2O4S/c1-2-8-13(9-11(14)12-15)18(16,17)10-6-4-3-5-7-10/h3-7,15H,2,8-9H2,1H3,(H,12,14). The van der Waals surface area contributed by atoms with Crippen molar-refractivity contribution in [3.63, 3.8) is 0 Å². The van der Waals surface area contributed by atoms with Crippen LogP contribution in [0.15, 0.2) is 35.2 Å². The van der Waals surface area contributed by atoms with Gasteiger partial charge in [-0.1, -0.05) is 25.1 Å². The van der Waals surface area contributed by atoms with Gasteiger partial charge in [-0.25, -0.2) is 13.9 Å². The molecule has 18 heavy (non-hydrogen) atoms. The highest BCUT2D eigenvalue weighted by Crippen LogP contribution is 2.15. The zero-order valence-electron chi connectivity index (χ0n) is 10.0. The third-order valence-electron chi connectivity index (χ3n) is 2.30. The SMILES string of the molecule is CCCN(CC(=O)NO)S(=O)(=O)c1ccccc1. The van der Waals surface area contributed by atoms with Crippen molar-refractivity contribution in [2.45, 2.75) is 18.2 Å². The van der Waals surface area contributed by atoms with Crippen LogP contribution in [0.2, 0.25) is 0 Å². The van der Waals surface area contributed by atoms with Gasteiger partial charge in [-0.15, -0.1) is 0 Å². The van der Waals surface area contributed by atoms with E-state index in [1.54, 1.807) is 18.2 Å². The Labute approximate surface area is 106 Å². The number of amides is 1. The van der Waals surface area contributed by atoms with Gasteiger partial charge in [0.1, 0.15) is 0 Å². The van der Waals surface area contributed by atoms with Crippen molar-refractivity contribution in [3.8, 4) is 0 Å². The molecule has 100 valence electrons. The maximum Gasteiger partial charge on any atom is 0.258 e. The molecule has 1 aromatic rings. The lowest BCUT2D eigenvalue weighted by Crippen LogP contribution is -2.40. The van der Waals surface area contributed by atoms with E-state index in [1.807, 2.05) is 6.92 Å². The van der Waals surface area contributed by atoms with E-state index in [-0.39, 0.29) is 11.4 Å². The summed E-state index contributed by atoms with van der Waals surface area (Å²) in [5.74, 6) is -0.761. The Kier molecular flexibility index (Phi) is 5.26. The largest absolute Gasteiger partial charge is 0.289 e. The Bertz CT molecular complexity index is 487. The average molecular weight is 272 g/mol. The average Bonchev–Trinajstić information content (AvgIpc) is 2.39. The number of carbonyl (C=O) groups is 1. The fourth-order valence-corrected chi connectivity index (χ4v) is 2.98. The molecule has 0 spiro atoms. The molecule has 1 amide bonds. The second-order valence-electron chi connectivity index (χ2n) is 3.69. The van der Waals surface area contributed by atoms with Crippen LogP contribution in [-0.4, -0.2) is 36.9 Å². The molecule has 1 aromatic carbocycles. The first-order chi connectivity index (χ1) is 8.52. The number of carbonyl (C=O) groups excluding carboxylic acids is 1. The molecular formula is C11H16N2O4S. The van der Waals surface area contributed by atoms with Crippen LogP contribution in [0.25, 0.3) is 0 Å². The molecule has 0 heterocycles. The zero-order valence-corrected chi connectivity index (χ0v) is 10.9. The van der Waals surface area contributed by atoms with Gasteiger partial charge in [-0.2, -0.15) is 4.31 Å². The number of rotatable bonds is 6. The lowest BCUT2D eigenvalue weighted by molar-refractivity contribution is -0.129. The molecule has 0 saturated carbocycles. The molecule has 2 N–H and O–H groups in total. The minimum absolute atomic E-state index is 0.129. The smallest absolute Gasteiger partial charge is 0.258 e. The molecular weight excluding hydrogens is 256 g/mol. The number of hydrogen-bond donors (Lipinski definition) is 2. The van der Waals surface area contributed by atoms with Gasteiger partial charge >= 0.3 is 0 Å². The second-order valence-corrected chi connectivity index (χ2v) is 5.62. The lowest BCUT2D eigenvalue weighted by Gasteiger charge is -2.20. The topological polar surface area (TPSA) is 86.7 Å². The van der Waals surface area contributed by atoms with Crippen LogP contribution in [0.3, 0.4) is 0 Å². The molecule has 0 aliphatic rings. The van der Waals surface area contributed by atoms with Gasteiger partial charge in [0, 0.05) is 6.54 Å². The number of benzene rings is 1. The lowest BCUT2D eigenvalue weighted by atomic mass is 10.4.